The molecule has 0 spiro atoms. The summed E-state index contributed by atoms with van der Waals surface area (Å²) in [6.07, 6.45) is 3.31. The van der Waals surface area contributed by atoms with Gasteiger partial charge in [-0.3, -0.25) is 14.9 Å². The molecule has 2 unspecified atom stereocenters. The summed E-state index contributed by atoms with van der Waals surface area (Å²) >= 11 is 0. The van der Waals surface area contributed by atoms with Gasteiger partial charge in [0, 0.05) is 35.6 Å². The number of hydrogen-bond acceptors (Lipinski definition) is 6. The number of fused-ring (bicyclic) bond motifs is 1. The molecule has 0 bridgehead atoms. The lowest BCUT2D eigenvalue weighted by atomic mass is 9.98. The van der Waals surface area contributed by atoms with Crippen LogP contribution in [0.25, 0.3) is 0 Å². The minimum absolute atomic E-state index is 0.141. The van der Waals surface area contributed by atoms with Crippen molar-refractivity contribution in [3.8, 4) is 0 Å². The molecule has 0 saturated heterocycles. The Labute approximate surface area is 169 Å². The molecule has 0 amide bonds. The van der Waals surface area contributed by atoms with E-state index in [9.17, 15) is 19.7 Å². The maximum absolute atomic E-state index is 12.0. The summed E-state index contributed by atoms with van der Waals surface area (Å²) in [5.74, 6) is -0.332. The molecule has 152 valence electrons. The molecule has 7 heteroatoms. The van der Waals surface area contributed by atoms with Crippen LogP contribution in [0.2, 0.25) is 0 Å². The first-order valence-corrected chi connectivity index (χ1v) is 9.71. The van der Waals surface area contributed by atoms with Crippen molar-refractivity contribution < 1.29 is 19.2 Å². The number of esters is 1. The third kappa shape index (κ3) is 5.19. The molecule has 0 fully saturated rings. The number of rotatable bonds is 9. The molecule has 2 aromatic carbocycles. The first kappa shape index (κ1) is 20.5. The van der Waals surface area contributed by atoms with Crippen LogP contribution >= 0.6 is 0 Å². The zero-order valence-corrected chi connectivity index (χ0v) is 16.3. The Morgan fingerprint density at radius 1 is 1.34 bits per heavy atom. The van der Waals surface area contributed by atoms with Crippen molar-refractivity contribution in [2.75, 3.05) is 11.9 Å². The summed E-state index contributed by atoms with van der Waals surface area (Å²) in [7, 11) is 0. The molecule has 1 aliphatic rings. The maximum Gasteiger partial charge on any atom is 0.338 e. The van der Waals surface area contributed by atoms with Gasteiger partial charge in [0.2, 0.25) is 6.04 Å². The molecule has 1 N–H and O–H groups in total. The quantitative estimate of drug-likeness (QED) is 0.228. The molecule has 2 aromatic rings. The number of benzene rings is 2. The lowest BCUT2D eigenvalue weighted by Crippen LogP contribution is -2.18. The van der Waals surface area contributed by atoms with Gasteiger partial charge < -0.3 is 10.1 Å². The van der Waals surface area contributed by atoms with E-state index in [1.165, 1.54) is 0 Å². The summed E-state index contributed by atoms with van der Waals surface area (Å²) in [6.45, 7) is 1.89. The highest BCUT2D eigenvalue weighted by Gasteiger charge is 2.25. The van der Waals surface area contributed by atoms with Crippen molar-refractivity contribution in [2.24, 2.45) is 0 Å². The number of nitro groups is 1. The molecule has 0 aromatic heterocycles. The monoisotopic (exact) mass is 396 g/mol. The van der Waals surface area contributed by atoms with Crippen molar-refractivity contribution in [1.82, 2.24) is 0 Å². The third-order valence-corrected chi connectivity index (χ3v) is 5.08. The minimum atomic E-state index is -0.697. The zero-order chi connectivity index (χ0) is 20.8. The number of hydrogen-bond donors (Lipinski definition) is 1. The van der Waals surface area contributed by atoms with Gasteiger partial charge in [-0.1, -0.05) is 24.3 Å². The lowest BCUT2D eigenvalue weighted by molar-refractivity contribution is -0.517. The van der Waals surface area contributed by atoms with E-state index in [1.807, 2.05) is 12.1 Å². The summed E-state index contributed by atoms with van der Waals surface area (Å²) in [5, 5.41) is 14.3. The molecular formula is C22H24N2O5. The van der Waals surface area contributed by atoms with E-state index in [0.29, 0.717) is 30.6 Å². The molecule has 1 aliphatic heterocycles. The molecule has 0 radical (unpaired) electrons. The van der Waals surface area contributed by atoms with Crippen LogP contribution < -0.4 is 5.32 Å². The standard InChI is InChI=1S/C22H24N2O5/c1-15(24(27)28)10-16-11-18-13-20(23-21(18)19(12-16)14-25)8-5-9-29-22(26)17-6-3-2-4-7-17/h2-4,6-7,11-12,14-15,20,23H,5,8-10,13H2,1H3. The van der Waals surface area contributed by atoms with Crippen molar-refractivity contribution in [3.05, 3.63) is 74.8 Å². The van der Waals surface area contributed by atoms with E-state index in [0.717, 1.165) is 35.9 Å². The SMILES string of the molecule is CC(Cc1cc(C=O)c2c(c1)CC(CCCOC(=O)c1ccccc1)N2)[N+](=O)[O-]. The Balaban J connectivity index is 1.53. The highest BCUT2D eigenvalue weighted by molar-refractivity contribution is 5.89. The van der Waals surface area contributed by atoms with E-state index < -0.39 is 6.04 Å². The molecule has 2 atom stereocenters. The van der Waals surface area contributed by atoms with E-state index in [2.05, 4.69) is 5.32 Å². The average Bonchev–Trinajstić information content (AvgIpc) is 3.13. The second-order valence-electron chi connectivity index (χ2n) is 7.37. The summed E-state index contributed by atoms with van der Waals surface area (Å²) in [4.78, 5) is 34.0. The molecular weight excluding hydrogens is 372 g/mol. The Hall–Kier alpha value is -3.22. The second-order valence-corrected chi connectivity index (χ2v) is 7.37. The van der Waals surface area contributed by atoms with Crippen LogP contribution in [0.5, 0.6) is 0 Å². The predicted molar refractivity (Wildman–Crippen MR) is 109 cm³/mol. The highest BCUT2D eigenvalue weighted by atomic mass is 16.6. The largest absolute Gasteiger partial charge is 0.462 e. The number of anilines is 1. The molecule has 1 heterocycles. The highest BCUT2D eigenvalue weighted by Crippen LogP contribution is 2.32. The fourth-order valence-electron chi connectivity index (χ4n) is 3.61. The fourth-order valence-corrected chi connectivity index (χ4v) is 3.61. The maximum atomic E-state index is 12.0. The average molecular weight is 396 g/mol. The zero-order valence-electron chi connectivity index (χ0n) is 16.3. The lowest BCUT2D eigenvalue weighted by Gasteiger charge is -2.12. The van der Waals surface area contributed by atoms with Gasteiger partial charge in [-0.15, -0.1) is 0 Å². The first-order valence-electron chi connectivity index (χ1n) is 9.71. The van der Waals surface area contributed by atoms with Crippen LogP contribution in [0.1, 0.15) is 51.6 Å². The van der Waals surface area contributed by atoms with Crippen LogP contribution in [-0.4, -0.2) is 35.9 Å². The topological polar surface area (TPSA) is 98.5 Å². The van der Waals surface area contributed by atoms with Crippen molar-refractivity contribution in [1.29, 1.82) is 0 Å². The van der Waals surface area contributed by atoms with Crippen LogP contribution in [-0.2, 0) is 17.6 Å². The Morgan fingerprint density at radius 3 is 2.79 bits per heavy atom. The molecule has 29 heavy (non-hydrogen) atoms. The first-order chi connectivity index (χ1) is 14.0. The van der Waals surface area contributed by atoms with Gasteiger partial charge in [0.25, 0.3) is 0 Å². The van der Waals surface area contributed by atoms with Gasteiger partial charge in [0.1, 0.15) is 0 Å². The van der Waals surface area contributed by atoms with Crippen molar-refractivity contribution >= 4 is 17.9 Å². The van der Waals surface area contributed by atoms with Gasteiger partial charge in [0.15, 0.2) is 6.29 Å². The van der Waals surface area contributed by atoms with E-state index in [-0.39, 0.29) is 16.9 Å². The minimum Gasteiger partial charge on any atom is -0.462 e. The normalized spacial score (nSPS) is 15.8. The number of nitrogens with one attached hydrogen (secondary N) is 1. The van der Waals surface area contributed by atoms with E-state index in [1.54, 1.807) is 37.3 Å². The third-order valence-electron chi connectivity index (χ3n) is 5.08. The fraction of sp³-hybridized carbons (Fsp3) is 0.364. The van der Waals surface area contributed by atoms with E-state index in [4.69, 9.17) is 4.74 Å². The van der Waals surface area contributed by atoms with Gasteiger partial charge in [-0.05, 0) is 48.6 Å². The van der Waals surface area contributed by atoms with Gasteiger partial charge in [0.05, 0.1) is 12.2 Å². The van der Waals surface area contributed by atoms with Crippen LogP contribution in [0.15, 0.2) is 42.5 Å². The van der Waals surface area contributed by atoms with Crippen molar-refractivity contribution in [3.63, 3.8) is 0 Å². The Bertz CT molecular complexity index is 898. The molecule has 3 rings (SSSR count). The van der Waals surface area contributed by atoms with Crippen LogP contribution in [0.4, 0.5) is 5.69 Å². The molecule has 7 nitrogen and oxygen atoms in total. The Morgan fingerprint density at radius 2 is 2.10 bits per heavy atom. The second kappa shape index (κ2) is 9.32. The van der Waals surface area contributed by atoms with Gasteiger partial charge >= 0.3 is 5.97 Å². The van der Waals surface area contributed by atoms with Crippen LogP contribution in [0.3, 0.4) is 0 Å². The summed E-state index contributed by atoms with van der Waals surface area (Å²) < 4.78 is 5.31. The van der Waals surface area contributed by atoms with Gasteiger partial charge in [-0.25, -0.2) is 4.79 Å². The summed E-state index contributed by atoms with van der Waals surface area (Å²) in [6, 6.07) is 12.0. The Kier molecular flexibility index (Phi) is 6.59. The number of ether oxygens (including phenoxy) is 1. The van der Waals surface area contributed by atoms with Crippen molar-refractivity contribution in [2.45, 2.75) is 44.7 Å². The predicted octanol–water partition coefficient (Wildman–Crippen LogP) is 3.68. The number of aldehydes is 1. The molecule has 0 saturated carbocycles. The summed E-state index contributed by atoms with van der Waals surface area (Å²) in [5.41, 5.74) is 3.68. The van der Waals surface area contributed by atoms with Gasteiger partial charge in [-0.2, -0.15) is 0 Å². The van der Waals surface area contributed by atoms with Crippen LogP contribution in [0, 0.1) is 10.1 Å². The number of carbonyl (C=O) groups excluding carboxylic acids is 2. The number of nitrogens with zero attached hydrogens (tertiary/aromatic N) is 1. The van der Waals surface area contributed by atoms with E-state index >= 15 is 0 Å². The number of carbonyl (C=O) groups is 2. The molecule has 0 aliphatic carbocycles. The smallest absolute Gasteiger partial charge is 0.338 e.